The Labute approximate surface area is 135 Å². The predicted molar refractivity (Wildman–Crippen MR) is 86.0 cm³/mol. The molecule has 0 saturated heterocycles. The molecule has 1 heterocycles. The second-order valence-electron chi connectivity index (χ2n) is 4.83. The minimum absolute atomic E-state index is 0.0866. The van der Waals surface area contributed by atoms with E-state index in [4.69, 9.17) is 10.5 Å². The molecule has 1 unspecified atom stereocenters. The molecule has 2 aromatic rings. The smallest absolute Gasteiger partial charge is 0.350 e. The molecule has 6 nitrogen and oxygen atoms in total. The van der Waals surface area contributed by atoms with E-state index in [2.05, 4.69) is 25.9 Å². The lowest BCUT2D eigenvalue weighted by atomic mass is 10.00. The summed E-state index contributed by atoms with van der Waals surface area (Å²) in [5.41, 5.74) is 1.92. The van der Waals surface area contributed by atoms with Crippen LogP contribution in [-0.4, -0.2) is 31.9 Å². The van der Waals surface area contributed by atoms with Gasteiger partial charge >= 0.3 is 5.97 Å². The van der Waals surface area contributed by atoms with E-state index in [1.54, 1.807) is 6.20 Å². The van der Waals surface area contributed by atoms with Gasteiger partial charge in [-0.15, -0.1) is 0 Å². The Hall–Kier alpha value is -1.99. The van der Waals surface area contributed by atoms with Gasteiger partial charge in [-0.3, -0.25) is 5.41 Å². The fourth-order valence-electron chi connectivity index (χ4n) is 2.21. The molecule has 0 bridgehead atoms. The largest absolute Gasteiger partial charge is 0.477 e. The number of aliphatic carboxylic acids is 1. The maximum Gasteiger partial charge on any atom is 0.350 e. The molecule has 0 saturated carbocycles. The molecule has 0 spiro atoms. The van der Waals surface area contributed by atoms with E-state index in [1.165, 1.54) is 0 Å². The Bertz CT molecular complexity index is 712. The summed E-state index contributed by atoms with van der Waals surface area (Å²) in [6, 6.07) is 5.52. The summed E-state index contributed by atoms with van der Waals surface area (Å²) in [5.74, 6) is -1.35. The third-order valence-electron chi connectivity index (χ3n) is 3.44. The zero-order valence-corrected chi connectivity index (χ0v) is 13.5. The quantitative estimate of drug-likeness (QED) is 0.589. The molecule has 0 amide bonds. The van der Waals surface area contributed by atoms with E-state index in [0.717, 1.165) is 15.6 Å². The van der Waals surface area contributed by atoms with Gasteiger partial charge in [0.15, 0.2) is 0 Å². The van der Waals surface area contributed by atoms with Crippen LogP contribution in [0, 0.1) is 5.41 Å². The summed E-state index contributed by atoms with van der Waals surface area (Å²) in [7, 11) is 0. The Morgan fingerprint density at radius 1 is 1.50 bits per heavy atom. The van der Waals surface area contributed by atoms with Crippen LogP contribution < -0.4 is 0 Å². The van der Waals surface area contributed by atoms with Crippen molar-refractivity contribution in [1.82, 2.24) is 9.97 Å². The molecule has 1 aromatic carbocycles. The van der Waals surface area contributed by atoms with Crippen molar-refractivity contribution in [3.63, 3.8) is 0 Å². The number of aromatic nitrogens is 2. The number of carboxylic acids is 1. The number of hydrogen-bond acceptors (Lipinski definition) is 4. The van der Waals surface area contributed by atoms with Crippen molar-refractivity contribution in [3.05, 3.63) is 40.3 Å². The second-order valence-corrected chi connectivity index (χ2v) is 5.68. The van der Waals surface area contributed by atoms with Crippen molar-refractivity contribution in [2.75, 3.05) is 0 Å². The van der Waals surface area contributed by atoms with E-state index in [9.17, 15) is 9.90 Å². The third-order valence-corrected chi connectivity index (χ3v) is 4.21. The number of aromatic amines is 1. The highest BCUT2D eigenvalue weighted by molar-refractivity contribution is 9.10. The van der Waals surface area contributed by atoms with Crippen molar-refractivity contribution in [3.8, 4) is 11.3 Å². The maximum absolute atomic E-state index is 11.0. The molecule has 4 N–H and O–H groups in total. The fourth-order valence-corrected chi connectivity index (χ4v) is 2.58. The summed E-state index contributed by atoms with van der Waals surface area (Å²) >= 11 is 3.36. The number of halogens is 1. The number of aliphatic hydroxyl groups excluding tert-OH is 1. The van der Waals surface area contributed by atoms with Gasteiger partial charge in [-0.05, 0) is 29.7 Å². The molecule has 0 aliphatic rings. The van der Waals surface area contributed by atoms with Crippen LogP contribution in [0.15, 0.2) is 28.9 Å². The second kappa shape index (κ2) is 6.85. The molecule has 7 heteroatoms. The van der Waals surface area contributed by atoms with Crippen LogP contribution in [0.2, 0.25) is 0 Å². The Morgan fingerprint density at radius 2 is 2.23 bits per heavy atom. The fraction of sp³-hybridized carbons (Fsp3) is 0.267. The predicted octanol–water partition coefficient (Wildman–Crippen LogP) is 2.93. The molecular formula is C15H16BrN3O3. The zero-order valence-electron chi connectivity index (χ0n) is 11.9. The van der Waals surface area contributed by atoms with Gasteiger partial charge in [-0.1, -0.05) is 28.9 Å². The van der Waals surface area contributed by atoms with Crippen LogP contribution >= 0.6 is 15.9 Å². The van der Waals surface area contributed by atoms with Crippen LogP contribution in [0.1, 0.15) is 30.7 Å². The standard InChI is InChI=1S/C15H16BrN3O3/c1-2-10(13(17)15(21)22)14-18-6-12(19-14)8-3-4-11(16)9(5-8)7-20/h3-6,10,17,20H,2,7H2,1H3,(H,18,19)(H,21,22). The van der Waals surface area contributed by atoms with Crippen LogP contribution in [0.3, 0.4) is 0 Å². The number of benzene rings is 1. The molecule has 116 valence electrons. The van der Waals surface area contributed by atoms with E-state index in [0.29, 0.717) is 17.9 Å². The van der Waals surface area contributed by atoms with Crippen molar-refractivity contribution in [2.45, 2.75) is 25.9 Å². The summed E-state index contributed by atoms with van der Waals surface area (Å²) in [5, 5.41) is 25.9. The average molecular weight is 366 g/mol. The van der Waals surface area contributed by atoms with Gasteiger partial charge in [0.05, 0.1) is 24.4 Å². The minimum atomic E-state index is -1.24. The first-order valence-corrected chi connectivity index (χ1v) is 7.53. The molecule has 1 atom stereocenters. The number of carboxylic acid groups (broad SMARTS) is 1. The lowest BCUT2D eigenvalue weighted by molar-refractivity contribution is -0.129. The highest BCUT2D eigenvalue weighted by atomic mass is 79.9. The van der Waals surface area contributed by atoms with E-state index < -0.39 is 11.9 Å². The third kappa shape index (κ3) is 3.26. The number of imidazole rings is 1. The molecule has 22 heavy (non-hydrogen) atoms. The maximum atomic E-state index is 11.0. The number of nitrogens with zero attached hydrogens (tertiary/aromatic N) is 1. The SMILES string of the molecule is CCC(C(=N)C(=O)O)c1ncc(-c2ccc(Br)c(CO)c2)[nH]1. The summed E-state index contributed by atoms with van der Waals surface area (Å²) < 4.78 is 0.817. The van der Waals surface area contributed by atoms with Crippen LogP contribution in [0.5, 0.6) is 0 Å². The lowest BCUT2D eigenvalue weighted by Gasteiger charge is -2.10. The van der Waals surface area contributed by atoms with Gasteiger partial charge in [0.2, 0.25) is 0 Å². The van der Waals surface area contributed by atoms with Crippen LogP contribution in [0.4, 0.5) is 0 Å². The Balaban J connectivity index is 2.35. The molecule has 0 fully saturated rings. The Morgan fingerprint density at radius 3 is 2.82 bits per heavy atom. The Kier molecular flexibility index (Phi) is 5.10. The van der Waals surface area contributed by atoms with E-state index in [1.807, 2.05) is 25.1 Å². The van der Waals surface area contributed by atoms with Crippen molar-refractivity contribution >= 4 is 27.6 Å². The first-order valence-electron chi connectivity index (χ1n) is 6.74. The van der Waals surface area contributed by atoms with Gasteiger partial charge in [0, 0.05) is 4.47 Å². The lowest BCUT2D eigenvalue weighted by Crippen LogP contribution is -2.21. The summed E-state index contributed by atoms with van der Waals surface area (Å²) in [4.78, 5) is 18.3. The number of nitrogens with one attached hydrogen (secondary N) is 2. The highest BCUT2D eigenvalue weighted by Crippen LogP contribution is 2.26. The van der Waals surface area contributed by atoms with Crippen molar-refractivity contribution < 1.29 is 15.0 Å². The number of aliphatic hydroxyl groups is 1. The number of hydrogen-bond donors (Lipinski definition) is 4. The van der Waals surface area contributed by atoms with Gasteiger partial charge in [-0.2, -0.15) is 0 Å². The number of carbonyl (C=O) groups is 1. The van der Waals surface area contributed by atoms with Gasteiger partial charge < -0.3 is 15.2 Å². The van der Waals surface area contributed by atoms with Gasteiger partial charge in [0.25, 0.3) is 0 Å². The van der Waals surface area contributed by atoms with Crippen molar-refractivity contribution in [1.29, 1.82) is 5.41 Å². The average Bonchev–Trinajstić information content (AvgIpc) is 2.98. The zero-order chi connectivity index (χ0) is 16.3. The number of rotatable bonds is 6. The summed E-state index contributed by atoms with van der Waals surface area (Å²) in [6.07, 6.45) is 2.08. The minimum Gasteiger partial charge on any atom is -0.477 e. The number of H-pyrrole nitrogens is 1. The van der Waals surface area contributed by atoms with E-state index >= 15 is 0 Å². The molecule has 0 aliphatic carbocycles. The van der Waals surface area contributed by atoms with Gasteiger partial charge in [-0.25, -0.2) is 9.78 Å². The molecule has 0 aliphatic heterocycles. The molecule has 0 radical (unpaired) electrons. The highest BCUT2D eigenvalue weighted by Gasteiger charge is 2.23. The first-order chi connectivity index (χ1) is 10.5. The van der Waals surface area contributed by atoms with Crippen molar-refractivity contribution in [2.24, 2.45) is 0 Å². The molecule has 1 aromatic heterocycles. The van der Waals surface area contributed by atoms with Gasteiger partial charge in [0.1, 0.15) is 11.5 Å². The molecule has 2 rings (SSSR count). The topological polar surface area (TPSA) is 110 Å². The monoisotopic (exact) mass is 365 g/mol. The summed E-state index contributed by atoms with van der Waals surface area (Å²) in [6.45, 7) is 1.73. The molecular weight excluding hydrogens is 350 g/mol. The van der Waals surface area contributed by atoms with E-state index in [-0.39, 0.29) is 12.3 Å². The van der Waals surface area contributed by atoms with Crippen LogP contribution in [-0.2, 0) is 11.4 Å². The first kappa shape index (κ1) is 16.4. The van der Waals surface area contributed by atoms with Crippen LogP contribution in [0.25, 0.3) is 11.3 Å². The normalized spacial score (nSPS) is 12.1.